The van der Waals surface area contributed by atoms with E-state index in [4.69, 9.17) is 0 Å². The van der Waals surface area contributed by atoms with Gasteiger partial charge in [-0.2, -0.15) is 0 Å². The molecule has 0 spiro atoms. The van der Waals surface area contributed by atoms with Gasteiger partial charge in [0, 0.05) is 16.0 Å². The minimum absolute atomic E-state index is 0.574. The van der Waals surface area contributed by atoms with Gasteiger partial charge in [-0.25, -0.2) is 0 Å². The molecule has 3 heteroatoms. The molecule has 0 aliphatic heterocycles. The van der Waals surface area contributed by atoms with Gasteiger partial charge >= 0.3 is 0 Å². The summed E-state index contributed by atoms with van der Waals surface area (Å²) in [6.45, 7) is 0. The van der Waals surface area contributed by atoms with Crippen molar-refractivity contribution in [3.05, 3.63) is 0 Å². The number of rotatable bonds is 2. The summed E-state index contributed by atoms with van der Waals surface area (Å²) in [5.41, 5.74) is 0. The highest BCUT2D eigenvalue weighted by Gasteiger charge is 1.84. The summed E-state index contributed by atoms with van der Waals surface area (Å²) >= 11 is 0. The summed E-state index contributed by atoms with van der Waals surface area (Å²) in [6.07, 6.45) is 0. The Kier molecular flexibility index (Phi) is 3.41. The third-order valence-corrected chi connectivity index (χ3v) is 2.02. The van der Waals surface area contributed by atoms with E-state index < -0.39 is 0 Å². The lowest BCUT2D eigenvalue weighted by Crippen LogP contribution is -2.37. The smallest absolute Gasteiger partial charge is 0.0422 e. The van der Waals surface area contributed by atoms with Crippen molar-refractivity contribution in [1.82, 2.24) is 10.6 Å². The maximum atomic E-state index is 3.07. The van der Waals surface area contributed by atoms with Gasteiger partial charge in [-0.3, -0.25) is 0 Å². The molecule has 2 nitrogen and oxygen atoms in total. The van der Waals surface area contributed by atoms with Crippen LogP contribution in [0.2, 0.25) is 0 Å². The summed E-state index contributed by atoms with van der Waals surface area (Å²) in [5, 5.41) is 6.13. The van der Waals surface area contributed by atoms with Gasteiger partial charge in [0.05, 0.1) is 0 Å². The quantitative estimate of drug-likeness (QED) is 0.315. The zero-order chi connectivity index (χ0) is 4.99. The highest BCUT2D eigenvalue weighted by atomic mass is 28.1. The lowest BCUT2D eigenvalue weighted by molar-refractivity contribution is 0.643. The van der Waals surface area contributed by atoms with Crippen LogP contribution in [0.1, 0.15) is 0 Å². The van der Waals surface area contributed by atoms with E-state index in [0.717, 1.165) is 0 Å². The first-order chi connectivity index (χ1) is 2.81. The molecule has 0 aromatic carbocycles. The Morgan fingerprint density at radius 1 is 1.33 bits per heavy atom. The molecule has 0 saturated heterocycles. The fraction of sp³-hybridized carbons (Fsp3) is 1.00. The molecule has 0 aliphatic rings. The van der Waals surface area contributed by atoms with Crippen molar-refractivity contribution in [2.45, 2.75) is 5.79 Å². The number of hydrogen-bond acceptors (Lipinski definition) is 2. The van der Waals surface area contributed by atoms with Gasteiger partial charge in [-0.05, 0) is 14.1 Å². The van der Waals surface area contributed by atoms with E-state index in [0.29, 0.717) is 5.79 Å². The standard InChI is InChI=1S/C3H12N2Si/c1-4-3(6)5-2/h3-5H,1-2,6H3. The molecule has 2 N–H and O–H groups in total. The highest BCUT2D eigenvalue weighted by Crippen LogP contribution is 1.53. The Labute approximate surface area is 41.7 Å². The summed E-state index contributed by atoms with van der Waals surface area (Å²) in [4.78, 5) is 0. The van der Waals surface area contributed by atoms with Crippen LogP contribution in [0, 0.1) is 0 Å². The molecule has 0 aromatic heterocycles. The SMILES string of the molecule is CNC([SiH3])NC. The predicted octanol–water partition coefficient (Wildman–Crippen LogP) is -1.93. The molecule has 0 atom stereocenters. The summed E-state index contributed by atoms with van der Waals surface area (Å²) in [6, 6.07) is 0. The van der Waals surface area contributed by atoms with Crippen LogP contribution in [0.15, 0.2) is 0 Å². The van der Waals surface area contributed by atoms with E-state index in [-0.39, 0.29) is 0 Å². The molecule has 0 aliphatic carbocycles. The van der Waals surface area contributed by atoms with Crippen molar-refractivity contribution in [3.63, 3.8) is 0 Å². The van der Waals surface area contributed by atoms with Crippen LogP contribution in [-0.4, -0.2) is 30.1 Å². The first-order valence-corrected chi connectivity index (χ1v) is 3.31. The third kappa shape index (κ3) is 2.38. The molecule has 0 fully saturated rings. The maximum Gasteiger partial charge on any atom is 0.0422 e. The molecule has 0 rings (SSSR count). The zero-order valence-corrected chi connectivity index (χ0v) is 6.58. The Bertz CT molecular complexity index is 28.0. The van der Waals surface area contributed by atoms with Crippen LogP contribution in [0.5, 0.6) is 0 Å². The molecule has 0 heterocycles. The second-order valence-corrected chi connectivity index (χ2v) is 2.45. The van der Waals surface area contributed by atoms with Crippen LogP contribution < -0.4 is 10.6 Å². The monoisotopic (exact) mass is 104 g/mol. The third-order valence-electron chi connectivity index (χ3n) is 0.866. The summed E-state index contributed by atoms with van der Waals surface area (Å²) < 4.78 is 0. The molecule has 0 aromatic rings. The fourth-order valence-electron chi connectivity index (χ4n) is 0.144. The van der Waals surface area contributed by atoms with Gasteiger partial charge in [0.15, 0.2) is 0 Å². The molecule has 6 heavy (non-hydrogen) atoms. The van der Waals surface area contributed by atoms with E-state index >= 15 is 0 Å². The van der Waals surface area contributed by atoms with Crippen molar-refractivity contribution >= 4 is 10.2 Å². The Hall–Kier alpha value is 0.137. The Morgan fingerprint density at radius 2 is 1.67 bits per heavy atom. The van der Waals surface area contributed by atoms with E-state index in [1.165, 1.54) is 10.2 Å². The molecule has 0 bridgehead atoms. The lowest BCUT2D eigenvalue weighted by Gasteiger charge is -2.05. The average molecular weight is 104 g/mol. The van der Waals surface area contributed by atoms with Gasteiger partial charge in [-0.15, -0.1) is 0 Å². The van der Waals surface area contributed by atoms with Crippen LogP contribution in [0.25, 0.3) is 0 Å². The average Bonchev–Trinajstić information content (AvgIpc) is 1.65. The molecule has 38 valence electrons. The molecule has 0 saturated carbocycles. The normalized spacial score (nSPS) is 10.5. The van der Waals surface area contributed by atoms with Gasteiger partial charge in [0.2, 0.25) is 0 Å². The summed E-state index contributed by atoms with van der Waals surface area (Å²) in [5.74, 6) is 0.574. The molecular formula is C3H12N2Si. The van der Waals surface area contributed by atoms with Crippen molar-refractivity contribution in [1.29, 1.82) is 0 Å². The number of hydrogen-bond donors (Lipinski definition) is 2. The second-order valence-electron chi connectivity index (χ2n) is 1.30. The molecular weight excluding hydrogens is 92.1 g/mol. The summed E-state index contributed by atoms with van der Waals surface area (Å²) in [7, 11) is 5.07. The van der Waals surface area contributed by atoms with Crippen LogP contribution in [-0.2, 0) is 0 Å². The first-order valence-electron chi connectivity index (χ1n) is 2.15. The first kappa shape index (κ1) is 6.14. The Balaban J connectivity index is 2.75. The van der Waals surface area contributed by atoms with Crippen LogP contribution in [0.3, 0.4) is 0 Å². The van der Waals surface area contributed by atoms with Gasteiger partial charge in [0.25, 0.3) is 0 Å². The van der Waals surface area contributed by atoms with Gasteiger partial charge in [-0.1, -0.05) is 0 Å². The van der Waals surface area contributed by atoms with Crippen molar-refractivity contribution in [2.24, 2.45) is 0 Å². The van der Waals surface area contributed by atoms with Crippen molar-refractivity contribution in [2.75, 3.05) is 14.1 Å². The molecule has 0 amide bonds. The topological polar surface area (TPSA) is 24.1 Å². The number of nitrogens with one attached hydrogen (secondary N) is 2. The van der Waals surface area contributed by atoms with Gasteiger partial charge < -0.3 is 10.6 Å². The largest absolute Gasteiger partial charge is 0.309 e. The fourth-order valence-corrected chi connectivity index (χ4v) is 0.144. The van der Waals surface area contributed by atoms with Gasteiger partial charge in [0.1, 0.15) is 0 Å². The van der Waals surface area contributed by atoms with E-state index in [2.05, 4.69) is 10.6 Å². The van der Waals surface area contributed by atoms with Crippen LogP contribution >= 0.6 is 0 Å². The zero-order valence-electron chi connectivity index (χ0n) is 4.58. The van der Waals surface area contributed by atoms with E-state index in [9.17, 15) is 0 Å². The van der Waals surface area contributed by atoms with Crippen molar-refractivity contribution < 1.29 is 0 Å². The van der Waals surface area contributed by atoms with Crippen LogP contribution in [0.4, 0.5) is 0 Å². The lowest BCUT2D eigenvalue weighted by atomic mass is 11.0. The minimum atomic E-state index is 0.574. The Morgan fingerprint density at radius 3 is 1.67 bits per heavy atom. The molecule has 0 radical (unpaired) electrons. The highest BCUT2D eigenvalue weighted by molar-refractivity contribution is 6.11. The molecule has 0 unspecified atom stereocenters. The maximum absolute atomic E-state index is 3.07. The second kappa shape index (κ2) is 3.33. The van der Waals surface area contributed by atoms with E-state index in [1.807, 2.05) is 14.1 Å². The van der Waals surface area contributed by atoms with Crippen molar-refractivity contribution in [3.8, 4) is 0 Å². The van der Waals surface area contributed by atoms with E-state index in [1.54, 1.807) is 0 Å². The predicted molar refractivity (Wildman–Crippen MR) is 31.8 cm³/mol. The minimum Gasteiger partial charge on any atom is -0.309 e.